The second-order valence-electron chi connectivity index (χ2n) is 10.0. The van der Waals surface area contributed by atoms with Crippen molar-refractivity contribution < 1.29 is 47.3 Å². The minimum atomic E-state index is -5.08. The minimum absolute atomic E-state index is 0.000611. The molecule has 0 radical (unpaired) electrons. The number of ether oxygens (including phenoxy) is 1. The van der Waals surface area contributed by atoms with E-state index in [-0.39, 0.29) is 23.4 Å². The van der Waals surface area contributed by atoms with Gasteiger partial charge in [-0.3, -0.25) is 14.5 Å². The number of likely N-dealkylation sites (tertiary alicyclic amines) is 1. The zero-order valence-electron chi connectivity index (χ0n) is 23.8. The van der Waals surface area contributed by atoms with Gasteiger partial charge < -0.3 is 25.2 Å². The smallest absolute Gasteiger partial charge is 0.478 e. The topological polar surface area (TPSA) is 180 Å². The number of carboxylic acids is 2. The first kappa shape index (κ1) is 34.0. The van der Waals surface area contributed by atoms with Gasteiger partial charge in [0.2, 0.25) is 11.8 Å². The fourth-order valence-corrected chi connectivity index (χ4v) is 5.01. The number of carbonyl (C=O) groups excluding carboxylic acids is 2. The molecular weight excluding hydrogens is 639 g/mol. The van der Waals surface area contributed by atoms with Crippen LogP contribution in [0.25, 0.3) is 11.8 Å². The molecule has 2 fully saturated rings. The van der Waals surface area contributed by atoms with Gasteiger partial charge in [0.15, 0.2) is 0 Å². The lowest BCUT2D eigenvalue weighted by molar-refractivity contribution is -0.192. The van der Waals surface area contributed by atoms with Crippen molar-refractivity contribution in [1.29, 1.82) is 0 Å². The van der Waals surface area contributed by atoms with Gasteiger partial charge in [0.25, 0.3) is 0 Å². The summed E-state index contributed by atoms with van der Waals surface area (Å²) in [6, 6.07) is 10.3. The normalized spacial score (nSPS) is 18.6. The highest BCUT2D eigenvalue weighted by Gasteiger charge is 2.41. The van der Waals surface area contributed by atoms with Crippen molar-refractivity contribution in [3.8, 4) is 5.69 Å². The number of aliphatic carboxylic acids is 1. The molecule has 14 nitrogen and oxygen atoms in total. The molecule has 1 aromatic heterocycles. The van der Waals surface area contributed by atoms with Crippen LogP contribution in [-0.4, -0.2) is 115 Å². The number of nitrogens with zero attached hydrogens (tertiary/aromatic N) is 6. The Labute approximate surface area is 264 Å². The van der Waals surface area contributed by atoms with Crippen molar-refractivity contribution in [3.63, 3.8) is 0 Å². The lowest BCUT2D eigenvalue weighted by Gasteiger charge is -2.31. The zero-order valence-corrected chi connectivity index (χ0v) is 24.6. The number of hydrogen-bond acceptors (Lipinski definition) is 9. The molecule has 18 heteroatoms. The maximum absolute atomic E-state index is 13.5. The summed E-state index contributed by atoms with van der Waals surface area (Å²) in [5.41, 5.74) is 1.84. The van der Waals surface area contributed by atoms with Crippen molar-refractivity contribution in [2.45, 2.75) is 24.7 Å². The molecule has 0 bridgehead atoms. The Bertz CT molecular complexity index is 1580. The summed E-state index contributed by atoms with van der Waals surface area (Å²) in [4.78, 5) is 50.7. The fraction of sp³-hybridized carbons (Fsp3) is 0.321. The average Bonchev–Trinajstić information content (AvgIpc) is 3.72. The standard InChI is InChI=1S/C26H26ClN7O5.C2HF3O2/c27-19-4-7-22(34-16-28-30-31-34)18(13-19)3-8-24(35)33-15-21(32-9-11-39-12-10-32)14-23(33)25(36)29-20-5-1-17(2-6-20)26(37)38;3-2(4,5)1(6)7/h1-8,13,16,21,23H,9-12,14-15H2,(H,29,36)(H,37,38);(H,6,7)/t21-,23-;/m0./s1. The monoisotopic (exact) mass is 665 g/mol. The van der Waals surface area contributed by atoms with Crippen molar-refractivity contribution in [3.05, 3.63) is 71.0 Å². The van der Waals surface area contributed by atoms with Crippen LogP contribution in [0, 0.1) is 0 Å². The summed E-state index contributed by atoms with van der Waals surface area (Å²) in [5.74, 6) is -4.47. The van der Waals surface area contributed by atoms with Gasteiger partial charge in [0.05, 0.1) is 24.5 Å². The van der Waals surface area contributed by atoms with Gasteiger partial charge in [-0.05, 0) is 65.4 Å². The summed E-state index contributed by atoms with van der Waals surface area (Å²) in [5, 5.41) is 30.8. The number of nitrogens with one attached hydrogen (secondary N) is 1. The third-order valence-corrected chi connectivity index (χ3v) is 7.29. The summed E-state index contributed by atoms with van der Waals surface area (Å²) in [6.45, 7) is 3.04. The number of tetrazole rings is 1. The van der Waals surface area contributed by atoms with Gasteiger partial charge in [-0.15, -0.1) is 5.10 Å². The molecule has 0 spiro atoms. The van der Waals surface area contributed by atoms with Gasteiger partial charge in [0.1, 0.15) is 12.4 Å². The van der Waals surface area contributed by atoms with Crippen LogP contribution in [0.1, 0.15) is 22.3 Å². The number of carboxylic acid groups (broad SMARTS) is 2. The minimum Gasteiger partial charge on any atom is -0.478 e. The van der Waals surface area contributed by atoms with Crippen LogP contribution in [0.4, 0.5) is 18.9 Å². The predicted octanol–water partition coefficient (Wildman–Crippen LogP) is 2.60. The Kier molecular flexibility index (Phi) is 11.0. The van der Waals surface area contributed by atoms with E-state index < -0.39 is 24.2 Å². The number of amides is 2. The third-order valence-electron chi connectivity index (χ3n) is 7.06. The molecule has 2 atom stereocenters. The summed E-state index contributed by atoms with van der Waals surface area (Å²) in [7, 11) is 0. The predicted molar refractivity (Wildman–Crippen MR) is 155 cm³/mol. The molecule has 3 aromatic rings. The number of carbonyl (C=O) groups is 4. The van der Waals surface area contributed by atoms with Crippen molar-refractivity contribution in [2.24, 2.45) is 0 Å². The maximum Gasteiger partial charge on any atom is 0.490 e. The molecule has 0 unspecified atom stereocenters. The molecule has 2 aliphatic rings. The van der Waals surface area contributed by atoms with E-state index in [4.69, 9.17) is 31.3 Å². The SMILES string of the molecule is O=C(O)C(F)(F)F.O=C(O)c1ccc(NC(=O)[C@@H]2C[C@H](N3CCOCC3)CN2C(=O)C=Cc2cc(Cl)ccc2-n2cnnn2)cc1. The number of benzene rings is 2. The fourth-order valence-electron chi connectivity index (χ4n) is 4.83. The van der Waals surface area contributed by atoms with Crippen molar-refractivity contribution in [2.75, 3.05) is 38.2 Å². The number of aromatic carboxylic acids is 1. The first-order chi connectivity index (χ1) is 21.8. The first-order valence-electron chi connectivity index (χ1n) is 13.6. The molecule has 2 aliphatic heterocycles. The van der Waals surface area contributed by atoms with Crippen LogP contribution in [0.3, 0.4) is 0 Å². The maximum atomic E-state index is 13.5. The summed E-state index contributed by atoms with van der Waals surface area (Å²) in [6.07, 6.45) is -0.124. The van der Waals surface area contributed by atoms with Crippen molar-refractivity contribution in [1.82, 2.24) is 30.0 Å². The van der Waals surface area contributed by atoms with Crippen LogP contribution >= 0.6 is 11.6 Å². The molecule has 46 heavy (non-hydrogen) atoms. The quantitative estimate of drug-likeness (QED) is 0.316. The van der Waals surface area contributed by atoms with Gasteiger partial charge >= 0.3 is 18.1 Å². The molecule has 5 rings (SSSR count). The molecule has 3 N–H and O–H groups in total. The number of hydrogen-bond donors (Lipinski definition) is 3. The number of aromatic nitrogens is 4. The van der Waals surface area contributed by atoms with E-state index in [1.165, 1.54) is 41.4 Å². The van der Waals surface area contributed by atoms with E-state index in [1.807, 2.05) is 0 Å². The van der Waals surface area contributed by atoms with E-state index in [1.54, 1.807) is 29.2 Å². The van der Waals surface area contributed by atoms with Crippen LogP contribution in [-0.2, 0) is 19.1 Å². The summed E-state index contributed by atoms with van der Waals surface area (Å²) < 4.78 is 38.7. The van der Waals surface area contributed by atoms with E-state index in [2.05, 4.69) is 25.7 Å². The molecule has 3 heterocycles. The van der Waals surface area contributed by atoms with Crippen LogP contribution < -0.4 is 5.32 Å². The molecule has 244 valence electrons. The van der Waals surface area contributed by atoms with E-state index in [9.17, 15) is 27.6 Å². The second kappa shape index (κ2) is 14.9. The number of halogens is 4. The number of alkyl halides is 3. The van der Waals surface area contributed by atoms with E-state index >= 15 is 0 Å². The Morgan fingerprint density at radius 1 is 1.04 bits per heavy atom. The number of anilines is 1. The lowest BCUT2D eigenvalue weighted by atomic mass is 10.1. The van der Waals surface area contributed by atoms with Crippen LogP contribution in [0.2, 0.25) is 5.02 Å². The number of morpholine rings is 1. The van der Waals surface area contributed by atoms with Gasteiger partial charge in [-0.1, -0.05) is 11.6 Å². The molecule has 2 aromatic carbocycles. The Balaban J connectivity index is 0.000000617. The number of rotatable bonds is 7. The van der Waals surface area contributed by atoms with Crippen molar-refractivity contribution >= 4 is 47.1 Å². The van der Waals surface area contributed by atoms with E-state index in [0.29, 0.717) is 48.1 Å². The molecule has 2 amide bonds. The van der Waals surface area contributed by atoms with E-state index in [0.717, 1.165) is 13.1 Å². The third kappa shape index (κ3) is 8.86. The lowest BCUT2D eigenvalue weighted by Crippen LogP contribution is -2.45. The Hall–Kier alpha value is -4.87. The largest absolute Gasteiger partial charge is 0.490 e. The molecule has 0 aliphatic carbocycles. The van der Waals surface area contributed by atoms with Gasteiger partial charge in [-0.2, -0.15) is 17.9 Å². The second-order valence-corrected chi connectivity index (χ2v) is 10.4. The van der Waals surface area contributed by atoms with Crippen LogP contribution in [0.15, 0.2) is 54.9 Å². The van der Waals surface area contributed by atoms with Gasteiger partial charge in [-0.25, -0.2) is 9.59 Å². The molecule has 0 saturated carbocycles. The first-order valence-corrected chi connectivity index (χ1v) is 14.0. The molecular formula is C28H27ClF3N7O7. The highest BCUT2D eigenvalue weighted by molar-refractivity contribution is 6.30. The highest BCUT2D eigenvalue weighted by atomic mass is 35.5. The Morgan fingerprint density at radius 3 is 2.30 bits per heavy atom. The Morgan fingerprint density at radius 2 is 1.72 bits per heavy atom. The average molecular weight is 666 g/mol. The van der Waals surface area contributed by atoms with Crippen LogP contribution in [0.5, 0.6) is 0 Å². The van der Waals surface area contributed by atoms with Gasteiger partial charge in [0, 0.05) is 48.0 Å². The summed E-state index contributed by atoms with van der Waals surface area (Å²) >= 11 is 6.20. The highest BCUT2D eigenvalue weighted by Crippen LogP contribution is 2.26. The molecule has 2 saturated heterocycles. The zero-order chi connectivity index (χ0) is 33.4.